The van der Waals surface area contributed by atoms with Crippen molar-refractivity contribution in [1.82, 2.24) is 0 Å². The molecule has 1 amide bonds. The molecule has 1 spiro atoms. The summed E-state index contributed by atoms with van der Waals surface area (Å²) >= 11 is 0. The number of fused-ring (bicyclic) bond motifs is 10. The zero-order valence-corrected chi connectivity index (χ0v) is 9.35. The first kappa shape index (κ1) is 5.10. The molecule has 80 valence electrons. The number of hydrogen-bond donors (Lipinski definition) is 1. The number of rotatable bonds is 2. The summed E-state index contributed by atoms with van der Waals surface area (Å²) in [6.07, 6.45) is 0.875. The third-order valence-electron chi connectivity index (χ3n) is 15.4. The molecule has 15 heavy (non-hydrogen) atoms. The van der Waals surface area contributed by atoms with Crippen molar-refractivity contribution in [2.24, 2.45) is 5.73 Å². The number of amides is 1. The second kappa shape index (κ2) is 0.351. The SMILES string of the molecule is NC(=O)C[C]12[CH]3[CH]4[CH]5[CH]1[Fe]45321678[CH]2[CH]1[CH]6[CH]7[CH]28. The Labute approximate surface area is 77.2 Å². The quantitative estimate of drug-likeness (QED) is 0.744. The van der Waals surface area contributed by atoms with Gasteiger partial charge in [0, 0.05) is 0 Å². The molecule has 4 unspecified atom stereocenters. The van der Waals surface area contributed by atoms with Crippen LogP contribution in [0.5, 0.6) is 0 Å². The van der Waals surface area contributed by atoms with Gasteiger partial charge in [0.1, 0.15) is 0 Å². The average Bonchev–Trinajstić information content (AvgIpc) is 3.12. The Morgan fingerprint density at radius 2 is 1.47 bits per heavy atom. The Kier molecular flexibility index (Phi) is 0.119. The maximum atomic E-state index is 11.5. The zero-order valence-electron chi connectivity index (χ0n) is 8.24. The van der Waals surface area contributed by atoms with E-state index in [-0.39, 0.29) is 5.91 Å². The van der Waals surface area contributed by atoms with E-state index in [2.05, 4.69) is 0 Å². The van der Waals surface area contributed by atoms with Crippen LogP contribution in [-0.4, -0.2) is 5.91 Å². The Morgan fingerprint density at radius 3 is 1.67 bits per heavy atom. The van der Waals surface area contributed by atoms with E-state index in [0.717, 1.165) is 10.7 Å². The molecule has 0 saturated carbocycles. The normalized spacial score (nSPS) is 133. The molecule has 0 aliphatic carbocycles. The first-order chi connectivity index (χ1) is 6.96. The van der Waals surface area contributed by atoms with Gasteiger partial charge in [0.2, 0.25) is 0 Å². The first-order valence-corrected chi connectivity index (χ1v) is 12.7. The zero-order chi connectivity index (χ0) is 9.30. The van der Waals surface area contributed by atoms with Crippen LogP contribution in [0.4, 0.5) is 0 Å². The molecule has 0 aromatic carbocycles. The Bertz CT molecular complexity index is 865. The molecular formula is C12H13FeNO. The van der Waals surface area contributed by atoms with Crippen molar-refractivity contribution in [2.75, 3.05) is 0 Å². The predicted octanol–water partition coefficient (Wildman–Crippen LogP) is 2.62. The van der Waals surface area contributed by atoms with Gasteiger partial charge >= 0.3 is 77.0 Å². The molecule has 10 rings (SSSR count). The topological polar surface area (TPSA) is 43.1 Å². The average molecular weight is 243 g/mol. The number of nitrogens with two attached hydrogens (primary N) is 1. The molecule has 0 bridgehead atoms. The second-order valence-corrected chi connectivity index (χ2v) is 34.2. The molecule has 10 aliphatic rings. The van der Waals surface area contributed by atoms with E-state index in [0.29, 0.717) is 0 Å². The molecule has 0 aromatic heterocycles. The van der Waals surface area contributed by atoms with Crippen LogP contribution in [0.2, 0.25) is 47.7 Å². The van der Waals surface area contributed by atoms with Crippen LogP contribution < -0.4 is 5.73 Å². The molecule has 3 heteroatoms. The summed E-state index contributed by atoms with van der Waals surface area (Å²) in [5, 5.41) is 0. The van der Waals surface area contributed by atoms with E-state index in [4.69, 9.17) is 5.73 Å². The van der Waals surface area contributed by atoms with E-state index in [9.17, 15) is 4.79 Å². The van der Waals surface area contributed by atoms with Gasteiger partial charge in [-0.25, -0.2) is 0 Å². The number of primary amides is 1. The molecule has 0 radical (unpaired) electrons. The van der Waals surface area contributed by atoms with Gasteiger partial charge in [-0.3, -0.25) is 0 Å². The molecule has 10 fully saturated rings. The third-order valence-corrected chi connectivity index (χ3v) is 58.4. The van der Waals surface area contributed by atoms with Gasteiger partial charge < -0.3 is 0 Å². The minimum atomic E-state index is -2.90. The minimum absolute atomic E-state index is 0.0584. The van der Waals surface area contributed by atoms with Gasteiger partial charge in [0.05, 0.1) is 0 Å². The van der Waals surface area contributed by atoms with E-state index in [1.807, 2.05) is 0 Å². The van der Waals surface area contributed by atoms with E-state index < -0.39 is 6.51 Å². The van der Waals surface area contributed by atoms with Gasteiger partial charge in [-0.2, -0.15) is 0 Å². The monoisotopic (exact) mass is 243 g/mol. The summed E-state index contributed by atoms with van der Waals surface area (Å²) in [5.41, 5.74) is 5.58. The van der Waals surface area contributed by atoms with Crippen LogP contribution in [0.25, 0.3) is 0 Å². The van der Waals surface area contributed by atoms with Crippen LogP contribution in [0, 0.1) is 0 Å². The van der Waals surface area contributed by atoms with Crippen molar-refractivity contribution in [1.29, 1.82) is 0 Å². The van der Waals surface area contributed by atoms with Crippen molar-refractivity contribution in [3.8, 4) is 0 Å². The fourth-order valence-corrected chi connectivity index (χ4v) is 92.2. The fraction of sp³-hybridized carbons (Fsp3) is 0.917. The summed E-state index contributed by atoms with van der Waals surface area (Å²) < 4.78 is 0.741. The van der Waals surface area contributed by atoms with Crippen LogP contribution >= 0.6 is 0 Å². The summed E-state index contributed by atoms with van der Waals surface area (Å²) in [4.78, 5) is 23.4. The third kappa shape index (κ3) is 0.0423. The summed E-state index contributed by atoms with van der Waals surface area (Å²) in [6, 6.07) is 0. The Morgan fingerprint density at radius 1 is 1.00 bits per heavy atom. The molecule has 10 saturated heterocycles. The molecule has 2 nitrogen and oxygen atoms in total. The summed E-state index contributed by atoms with van der Waals surface area (Å²) in [7, 11) is 0. The Balaban J connectivity index is 1.74. The van der Waals surface area contributed by atoms with Gasteiger partial charge in [-0.15, -0.1) is 0 Å². The van der Waals surface area contributed by atoms with Gasteiger partial charge in [-0.1, -0.05) is 0 Å². The molecular weight excluding hydrogens is 230 g/mol. The van der Waals surface area contributed by atoms with Crippen LogP contribution in [0.15, 0.2) is 0 Å². The predicted molar refractivity (Wildman–Crippen MR) is 50.3 cm³/mol. The van der Waals surface area contributed by atoms with Crippen molar-refractivity contribution < 1.29 is 11.3 Å². The summed E-state index contributed by atoms with van der Waals surface area (Å²) in [5.74, 6) is 0.0584. The van der Waals surface area contributed by atoms with Crippen molar-refractivity contribution in [3.63, 3.8) is 0 Å². The standard InChI is InChI=1S/C7H8NO.C5H5.Fe/c8-7(9)5-6-3-1-2-4-6;1-2-4-5-3-1;/h1-4H,5H2,(H2,8,9);1-5H;. The van der Waals surface area contributed by atoms with Crippen LogP contribution in [0.3, 0.4) is 0 Å². The van der Waals surface area contributed by atoms with Crippen LogP contribution in [-0.2, 0) is 11.3 Å². The van der Waals surface area contributed by atoms with Gasteiger partial charge in [-0.05, 0) is 0 Å². The van der Waals surface area contributed by atoms with E-state index in [1.54, 1.807) is 0 Å². The number of carbonyl (C=O) groups excluding carboxylic acids is 1. The van der Waals surface area contributed by atoms with Crippen molar-refractivity contribution in [3.05, 3.63) is 0 Å². The molecule has 10 aliphatic heterocycles. The molecule has 4 atom stereocenters. The van der Waals surface area contributed by atoms with E-state index in [1.165, 1.54) is 43.3 Å². The number of carbonyl (C=O) groups is 1. The van der Waals surface area contributed by atoms with Gasteiger partial charge in [0.15, 0.2) is 0 Å². The van der Waals surface area contributed by atoms with Crippen molar-refractivity contribution in [2.45, 2.75) is 54.1 Å². The fourth-order valence-electron chi connectivity index (χ4n) is 17.4. The molecule has 2 N–H and O–H groups in total. The first-order valence-electron chi connectivity index (χ1n) is 6.46. The molecule has 10 heterocycles. The Hall–Kier alpha value is -0.0105. The second-order valence-electron chi connectivity index (χ2n) is 10.5. The van der Waals surface area contributed by atoms with Crippen molar-refractivity contribution >= 4 is 5.91 Å². The van der Waals surface area contributed by atoms with Crippen LogP contribution in [0.1, 0.15) is 6.42 Å². The number of hydrogen-bond acceptors (Lipinski definition) is 1. The maximum absolute atomic E-state index is 11.5. The molecule has 0 aromatic rings. The van der Waals surface area contributed by atoms with Gasteiger partial charge in [0.25, 0.3) is 0 Å². The van der Waals surface area contributed by atoms with E-state index >= 15 is 0 Å². The summed E-state index contributed by atoms with van der Waals surface area (Å²) in [6.45, 7) is -2.90.